The van der Waals surface area contributed by atoms with Gasteiger partial charge in [0.1, 0.15) is 23.7 Å². The van der Waals surface area contributed by atoms with E-state index in [2.05, 4.69) is 20.6 Å². The van der Waals surface area contributed by atoms with Gasteiger partial charge in [0.25, 0.3) is 0 Å². The first kappa shape index (κ1) is 17.7. The number of ketones is 1. The molecule has 3 aromatic rings. The van der Waals surface area contributed by atoms with Gasteiger partial charge >= 0.3 is 0 Å². The molecule has 0 saturated carbocycles. The molecule has 0 aliphatic carbocycles. The van der Waals surface area contributed by atoms with E-state index in [9.17, 15) is 4.79 Å². The number of hydrogen-bond donors (Lipinski definition) is 2. The molecule has 0 atom stereocenters. The Bertz CT molecular complexity index is 946. The van der Waals surface area contributed by atoms with E-state index < -0.39 is 0 Å². The van der Waals surface area contributed by atoms with Crippen molar-refractivity contribution in [3.63, 3.8) is 0 Å². The molecule has 6 nitrogen and oxygen atoms in total. The van der Waals surface area contributed by atoms with E-state index in [4.69, 9.17) is 16.3 Å². The van der Waals surface area contributed by atoms with E-state index in [0.717, 1.165) is 5.69 Å². The van der Waals surface area contributed by atoms with Gasteiger partial charge in [0.05, 0.1) is 12.8 Å². The highest BCUT2D eigenvalue weighted by molar-refractivity contribution is 6.31. The normalized spacial score (nSPS) is 10.3. The number of carbonyl (C=O) groups is 1. The molecule has 132 valence electrons. The number of aromatic nitrogens is 2. The van der Waals surface area contributed by atoms with Crippen LogP contribution in [0.1, 0.15) is 17.3 Å². The second-order valence-corrected chi connectivity index (χ2v) is 5.96. The fourth-order valence-electron chi connectivity index (χ4n) is 2.37. The molecular weight excluding hydrogens is 352 g/mol. The predicted molar refractivity (Wildman–Crippen MR) is 103 cm³/mol. The number of nitrogens with zero attached hydrogens (tertiary/aromatic N) is 2. The van der Waals surface area contributed by atoms with Crippen molar-refractivity contribution < 1.29 is 9.53 Å². The summed E-state index contributed by atoms with van der Waals surface area (Å²) in [5.74, 6) is 1.82. The van der Waals surface area contributed by atoms with Crippen LogP contribution < -0.4 is 15.4 Å². The van der Waals surface area contributed by atoms with Gasteiger partial charge in [-0.15, -0.1) is 0 Å². The number of rotatable bonds is 6. The number of nitrogens with one attached hydrogen (secondary N) is 2. The summed E-state index contributed by atoms with van der Waals surface area (Å²) in [6.07, 6.45) is 1.44. The summed E-state index contributed by atoms with van der Waals surface area (Å²) in [5.41, 5.74) is 2.09. The zero-order valence-corrected chi connectivity index (χ0v) is 15.0. The maximum Gasteiger partial charge on any atom is 0.159 e. The SMILES string of the molecule is COc1ccc(Cl)cc1Nc1cc(Nc2cccc(C(C)=O)c2)ncn1. The average Bonchev–Trinajstić information content (AvgIpc) is 2.62. The molecule has 0 saturated heterocycles. The second kappa shape index (κ2) is 7.84. The Hall–Kier alpha value is -3.12. The molecule has 0 bridgehead atoms. The third kappa shape index (κ3) is 4.29. The number of methoxy groups -OCH3 is 1. The molecule has 0 fully saturated rings. The van der Waals surface area contributed by atoms with Crippen molar-refractivity contribution in [3.05, 3.63) is 65.4 Å². The lowest BCUT2D eigenvalue weighted by molar-refractivity contribution is 0.101. The summed E-state index contributed by atoms with van der Waals surface area (Å²) in [5, 5.41) is 6.92. The van der Waals surface area contributed by atoms with E-state index >= 15 is 0 Å². The lowest BCUT2D eigenvalue weighted by atomic mass is 10.1. The van der Waals surface area contributed by atoms with Gasteiger partial charge in [0.15, 0.2) is 5.78 Å². The first-order valence-electron chi connectivity index (χ1n) is 7.86. The van der Waals surface area contributed by atoms with Crippen molar-refractivity contribution in [3.8, 4) is 5.75 Å². The largest absolute Gasteiger partial charge is 0.495 e. The van der Waals surface area contributed by atoms with Crippen LogP contribution in [0.2, 0.25) is 5.02 Å². The molecule has 0 unspecified atom stereocenters. The molecule has 0 aliphatic heterocycles. The summed E-state index contributed by atoms with van der Waals surface area (Å²) >= 11 is 6.05. The molecule has 3 rings (SSSR count). The van der Waals surface area contributed by atoms with Crippen LogP contribution in [0.25, 0.3) is 0 Å². The van der Waals surface area contributed by atoms with Gasteiger partial charge in [-0.1, -0.05) is 23.7 Å². The Morgan fingerprint density at radius 2 is 1.81 bits per heavy atom. The minimum absolute atomic E-state index is 0.00624. The Kier molecular flexibility index (Phi) is 5.34. The molecule has 1 aromatic heterocycles. The minimum Gasteiger partial charge on any atom is -0.495 e. The Labute approximate surface area is 156 Å². The quantitative estimate of drug-likeness (QED) is 0.607. The van der Waals surface area contributed by atoms with Crippen LogP contribution in [0, 0.1) is 0 Å². The maximum atomic E-state index is 11.5. The number of Topliss-reactive ketones (excluding diaryl/α,β-unsaturated/α-hetero) is 1. The lowest BCUT2D eigenvalue weighted by Crippen LogP contribution is -2.00. The van der Waals surface area contributed by atoms with Crippen LogP contribution >= 0.6 is 11.6 Å². The molecule has 0 radical (unpaired) electrons. The number of carbonyl (C=O) groups excluding carboxylic acids is 1. The fraction of sp³-hybridized carbons (Fsp3) is 0.105. The number of halogens is 1. The van der Waals surface area contributed by atoms with Gasteiger partial charge in [-0.25, -0.2) is 9.97 Å². The molecule has 2 N–H and O–H groups in total. The number of anilines is 4. The highest BCUT2D eigenvalue weighted by Gasteiger charge is 2.07. The van der Waals surface area contributed by atoms with Crippen molar-refractivity contribution in [1.82, 2.24) is 9.97 Å². The number of benzene rings is 2. The topological polar surface area (TPSA) is 76.1 Å². The van der Waals surface area contributed by atoms with Gasteiger partial charge in [-0.05, 0) is 37.3 Å². The van der Waals surface area contributed by atoms with Crippen molar-refractivity contribution >= 4 is 40.4 Å². The Morgan fingerprint density at radius 1 is 1.04 bits per heavy atom. The monoisotopic (exact) mass is 368 g/mol. The molecule has 2 aromatic carbocycles. The van der Waals surface area contributed by atoms with Crippen molar-refractivity contribution in [1.29, 1.82) is 0 Å². The van der Waals surface area contributed by atoms with E-state index in [1.54, 1.807) is 43.5 Å². The summed E-state index contributed by atoms with van der Waals surface area (Å²) in [7, 11) is 1.59. The zero-order valence-electron chi connectivity index (χ0n) is 14.3. The Morgan fingerprint density at radius 3 is 2.54 bits per heavy atom. The molecule has 1 heterocycles. The van der Waals surface area contributed by atoms with Gasteiger partial charge in [-0.2, -0.15) is 0 Å². The number of hydrogen-bond acceptors (Lipinski definition) is 6. The second-order valence-electron chi connectivity index (χ2n) is 5.52. The van der Waals surface area contributed by atoms with Gasteiger partial charge in [0, 0.05) is 22.3 Å². The van der Waals surface area contributed by atoms with Crippen LogP contribution in [0.3, 0.4) is 0 Å². The predicted octanol–water partition coefficient (Wildman–Crippen LogP) is 4.83. The maximum absolute atomic E-state index is 11.5. The molecule has 26 heavy (non-hydrogen) atoms. The van der Waals surface area contributed by atoms with Crippen LogP contribution in [0.4, 0.5) is 23.0 Å². The highest BCUT2D eigenvalue weighted by Crippen LogP contribution is 2.30. The van der Waals surface area contributed by atoms with Crippen molar-refractivity contribution in [2.75, 3.05) is 17.7 Å². The van der Waals surface area contributed by atoms with E-state index in [0.29, 0.717) is 33.7 Å². The van der Waals surface area contributed by atoms with Crippen molar-refractivity contribution in [2.24, 2.45) is 0 Å². The van der Waals surface area contributed by atoms with Gasteiger partial charge < -0.3 is 15.4 Å². The molecule has 0 spiro atoms. The third-order valence-electron chi connectivity index (χ3n) is 3.63. The van der Waals surface area contributed by atoms with Crippen molar-refractivity contribution in [2.45, 2.75) is 6.92 Å². The summed E-state index contributed by atoms with van der Waals surface area (Å²) < 4.78 is 5.32. The first-order valence-corrected chi connectivity index (χ1v) is 8.23. The average molecular weight is 369 g/mol. The smallest absolute Gasteiger partial charge is 0.159 e. The summed E-state index contributed by atoms with van der Waals surface area (Å²) in [6, 6.07) is 14.3. The van der Waals surface area contributed by atoms with Gasteiger partial charge in [0.2, 0.25) is 0 Å². The van der Waals surface area contributed by atoms with E-state index in [-0.39, 0.29) is 5.78 Å². The molecular formula is C19H17ClN4O2. The van der Waals surface area contributed by atoms with E-state index in [1.165, 1.54) is 13.3 Å². The first-order chi connectivity index (χ1) is 12.5. The summed E-state index contributed by atoms with van der Waals surface area (Å²) in [4.78, 5) is 19.9. The molecule has 7 heteroatoms. The third-order valence-corrected chi connectivity index (χ3v) is 3.87. The minimum atomic E-state index is 0.00624. The standard InChI is InChI=1S/C19H17ClN4O2/c1-12(25)13-4-3-5-15(8-13)23-18-10-19(22-11-21-18)24-16-9-14(20)6-7-17(16)26-2/h3-11H,1-2H3,(H2,21,22,23,24). The van der Waals surface area contributed by atoms with Crippen LogP contribution in [0.15, 0.2) is 54.9 Å². The highest BCUT2D eigenvalue weighted by atomic mass is 35.5. The van der Waals surface area contributed by atoms with Gasteiger partial charge in [-0.3, -0.25) is 4.79 Å². The summed E-state index contributed by atoms with van der Waals surface area (Å²) in [6.45, 7) is 1.53. The zero-order chi connectivity index (χ0) is 18.5. The van der Waals surface area contributed by atoms with Crippen LogP contribution in [-0.4, -0.2) is 22.9 Å². The number of ether oxygens (including phenoxy) is 1. The molecule has 0 aliphatic rings. The van der Waals surface area contributed by atoms with Crippen LogP contribution in [-0.2, 0) is 0 Å². The Balaban J connectivity index is 1.82. The molecule has 0 amide bonds. The van der Waals surface area contributed by atoms with E-state index in [1.807, 2.05) is 12.1 Å². The fourth-order valence-corrected chi connectivity index (χ4v) is 2.55. The lowest BCUT2D eigenvalue weighted by Gasteiger charge is -2.12. The van der Waals surface area contributed by atoms with Crippen LogP contribution in [0.5, 0.6) is 5.75 Å².